The van der Waals surface area contributed by atoms with Crippen molar-refractivity contribution in [3.63, 3.8) is 0 Å². The maximum absolute atomic E-state index is 11.8. The quantitative estimate of drug-likeness (QED) is 0.689. The van der Waals surface area contributed by atoms with E-state index >= 15 is 0 Å². The van der Waals surface area contributed by atoms with Gasteiger partial charge in [0, 0.05) is 19.6 Å². The maximum Gasteiger partial charge on any atom is 0.329 e. The summed E-state index contributed by atoms with van der Waals surface area (Å²) in [5.74, 6) is 0.183. The third-order valence-corrected chi connectivity index (χ3v) is 3.67. The van der Waals surface area contributed by atoms with Crippen LogP contribution in [-0.4, -0.2) is 40.1 Å². The Bertz CT molecular complexity index is 562. The van der Waals surface area contributed by atoms with Crippen molar-refractivity contribution < 1.29 is 0 Å². The Morgan fingerprint density at radius 3 is 2.89 bits per heavy atom. The number of nitrogens with two attached hydrogens (primary N) is 1. The number of hydrogen-bond acceptors (Lipinski definition) is 5. The Morgan fingerprint density at radius 2 is 2.21 bits per heavy atom. The molecule has 0 spiro atoms. The Kier molecular flexibility index (Phi) is 3.94. The van der Waals surface area contributed by atoms with Gasteiger partial charge in [-0.15, -0.1) is 0 Å². The highest BCUT2D eigenvalue weighted by atomic mass is 16.2. The lowest BCUT2D eigenvalue weighted by atomic mass is 10.1. The van der Waals surface area contributed by atoms with E-state index in [0.29, 0.717) is 5.69 Å². The molecule has 106 valence electrons. The molecule has 1 aromatic heterocycles. The van der Waals surface area contributed by atoms with Gasteiger partial charge in [-0.05, 0) is 25.9 Å². The second-order valence-corrected chi connectivity index (χ2v) is 4.96. The fourth-order valence-electron chi connectivity index (χ4n) is 2.44. The second kappa shape index (κ2) is 5.48. The molecule has 0 radical (unpaired) electrons. The number of rotatable bonds is 3. The normalized spacial score (nSPS) is 20.4. The highest BCUT2D eigenvalue weighted by molar-refractivity contribution is 5.60. The summed E-state index contributed by atoms with van der Waals surface area (Å²) in [7, 11) is 1.54. The molecule has 1 unspecified atom stereocenters. The number of likely N-dealkylation sites (tertiary alicyclic amines) is 1. The first-order valence-electron chi connectivity index (χ1n) is 6.60. The number of hydrogen-bond donors (Lipinski definition) is 3. The van der Waals surface area contributed by atoms with Crippen LogP contribution >= 0.6 is 0 Å². The van der Waals surface area contributed by atoms with E-state index in [1.807, 2.05) is 0 Å². The smallest absolute Gasteiger partial charge is 0.329 e. The van der Waals surface area contributed by atoms with Crippen LogP contribution in [0.25, 0.3) is 0 Å². The van der Waals surface area contributed by atoms with Gasteiger partial charge < -0.3 is 16.0 Å². The monoisotopic (exact) mass is 267 g/mol. The van der Waals surface area contributed by atoms with Crippen LogP contribution in [0.2, 0.25) is 0 Å². The molecule has 1 atom stereocenters. The zero-order chi connectivity index (χ0) is 14.0. The summed E-state index contributed by atoms with van der Waals surface area (Å²) in [6.07, 6.45) is 2.09. The summed E-state index contributed by atoms with van der Waals surface area (Å²) in [6.45, 7) is 5.10. The molecule has 1 fully saturated rings. The standard InChI is InChI=1S/C12H21N5O2/c1-3-17-6-4-5-8(7-17)14-9-10(13)16(2)12(19)15-11(9)18/h8,14H,3-7,13H2,1-2H3,(H,15,18,19). The predicted molar refractivity (Wildman–Crippen MR) is 75.5 cm³/mol. The number of likely N-dealkylation sites (N-methyl/N-ethyl adjacent to an activating group) is 1. The van der Waals surface area contributed by atoms with Crippen LogP contribution in [0.1, 0.15) is 19.8 Å². The molecular weight excluding hydrogens is 246 g/mol. The number of nitrogen functional groups attached to an aromatic ring is 1. The van der Waals surface area contributed by atoms with Gasteiger partial charge in [0.15, 0.2) is 0 Å². The number of anilines is 2. The molecule has 7 nitrogen and oxygen atoms in total. The van der Waals surface area contributed by atoms with Crippen LogP contribution in [0.15, 0.2) is 9.59 Å². The highest BCUT2D eigenvalue weighted by Gasteiger charge is 2.21. The average Bonchev–Trinajstić information content (AvgIpc) is 2.41. The average molecular weight is 267 g/mol. The van der Waals surface area contributed by atoms with Crippen molar-refractivity contribution in [3.05, 3.63) is 20.8 Å². The van der Waals surface area contributed by atoms with Gasteiger partial charge in [-0.25, -0.2) is 4.79 Å². The zero-order valence-corrected chi connectivity index (χ0v) is 11.4. The number of aromatic amines is 1. The topological polar surface area (TPSA) is 96.2 Å². The minimum atomic E-state index is -0.494. The van der Waals surface area contributed by atoms with Gasteiger partial charge in [0.1, 0.15) is 11.5 Å². The lowest BCUT2D eigenvalue weighted by Gasteiger charge is -2.32. The minimum Gasteiger partial charge on any atom is -0.383 e. The van der Waals surface area contributed by atoms with E-state index in [0.717, 1.165) is 32.5 Å². The summed E-state index contributed by atoms with van der Waals surface area (Å²) in [4.78, 5) is 27.8. The predicted octanol–water partition coefficient (Wildman–Crippen LogP) is -0.448. The highest BCUT2D eigenvalue weighted by Crippen LogP contribution is 2.16. The van der Waals surface area contributed by atoms with Crippen LogP contribution in [0.3, 0.4) is 0 Å². The van der Waals surface area contributed by atoms with E-state index < -0.39 is 11.2 Å². The molecule has 1 aliphatic rings. The molecule has 2 rings (SSSR count). The zero-order valence-electron chi connectivity index (χ0n) is 11.4. The molecule has 0 bridgehead atoms. The third-order valence-electron chi connectivity index (χ3n) is 3.67. The first kappa shape index (κ1) is 13.7. The van der Waals surface area contributed by atoms with Crippen molar-refractivity contribution in [2.75, 3.05) is 30.7 Å². The Morgan fingerprint density at radius 1 is 1.47 bits per heavy atom. The summed E-state index contributed by atoms with van der Waals surface area (Å²) in [5.41, 5.74) is 5.19. The molecule has 4 N–H and O–H groups in total. The summed E-state index contributed by atoms with van der Waals surface area (Å²) in [5, 5.41) is 3.18. The molecule has 1 saturated heterocycles. The number of aromatic nitrogens is 2. The van der Waals surface area contributed by atoms with E-state index in [-0.39, 0.29) is 11.9 Å². The molecule has 2 heterocycles. The lowest BCUT2D eigenvalue weighted by molar-refractivity contribution is 0.227. The van der Waals surface area contributed by atoms with Crippen LogP contribution in [0.5, 0.6) is 0 Å². The van der Waals surface area contributed by atoms with Gasteiger partial charge in [-0.2, -0.15) is 0 Å². The molecular formula is C12H21N5O2. The number of nitrogens with one attached hydrogen (secondary N) is 2. The van der Waals surface area contributed by atoms with Gasteiger partial charge in [0.05, 0.1) is 0 Å². The van der Waals surface area contributed by atoms with Crippen LogP contribution in [-0.2, 0) is 7.05 Å². The van der Waals surface area contributed by atoms with Crippen molar-refractivity contribution in [1.82, 2.24) is 14.5 Å². The SMILES string of the molecule is CCN1CCCC(Nc2c(N)n(C)c(=O)[nH]c2=O)C1. The van der Waals surface area contributed by atoms with Crippen molar-refractivity contribution >= 4 is 11.5 Å². The lowest BCUT2D eigenvalue weighted by Crippen LogP contribution is -2.43. The van der Waals surface area contributed by atoms with Crippen molar-refractivity contribution in [1.29, 1.82) is 0 Å². The summed E-state index contributed by atoms with van der Waals surface area (Å²) in [6, 6.07) is 0.189. The number of H-pyrrole nitrogens is 1. The molecule has 19 heavy (non-hydrogen) atoms. The Hall–Kier alpha value is -1.76. The van der Waals surface area contributed by atoms with E-state index in [4.69, 9.17) is 5.73 Å². The first-order chi connectivity index (χ1) is 9.02. The molecule has 0 amide bonds. The largest absolute Gasteiger partial charge is 0.383 e. The Labute approximate surface area is 111 Å². The van der Waals surface area contributed by atoms with Gasteiger partial charge in [-0.3, -0.25) is 14.3 Å². The van der Waals surface area contributed by atoms with Gasteiger partial charge in [0.25, 0.3) is 5.56 Å². The Balaban J connectivity index is 2.22. The summed E-state index contributed by atoms with van der Waals surface area (Å²) < 4.78 is 1.24. The summed E-state index contributed by atoms with van der Waals surface area (Å²) >= 11 is 0. The molecule has 7 heteroatoms. The van der Waals surface area contributed by atoms with E-state index in [2.05, 4.69) is 22.1 Å². The maximum atomic E-state index is 11.8. The number of nitrogens with zero attached hydrogens (tertiary/aromatic N) is 2. The minimum absolute atomic E-state index is 0.183. The molecule has 0 saturated carbocycles. The molecule has 1 aliphatic heterocycles. The number of piperidine rings is 1. The second-order valence-electron chi connectivity index (χ2n) is 4.96. The third kappa shape index (κ3) is 2.81. The van der Waals surface area contributed by atoms with E-state index in [9.17, 15) is 9.59 Å². The van der Waals surface area contributed by atoms with Crippen molar-refractivity contribution in [2.45, 2.75) is 25.8 Å². The van der Waals surface area contributed by atoms with Crippen LogP contribution < -0.4 is 22.3 Å². The van der Waals surface area contributed by atoms with E-state index in [1.54, 1.807) is 0 Å². The van der Waals surface area contributed by atoms with Crippen molar-refractivity contribution in [3.8, 4) is 0 Å². The molecule has 0 aromatic carbocycles. The van der Waals surface area contributed by atoms with Gasteiger partial charge >= 0.3 is 5.69 Å². The van der Waals surface area contributed by atoms with Gasteiger partial charge in [0.2, 0.25) is 0 Å². The first-order valence-corrected chi connectivity index (χ1v) is 6.60. The fraction of sp³-hybridized carbons (Fsp3) is 0.667. The van der Waals surface area contributed by atoms with Crippen LogP contribution in [0, 0.1) is 0 Å². The van der Waals surface area contributed by atoms with Gasteiger partial charge in [-0.1, -0.05) is 6.92 Å². The molecule has 1 aromatic rings. The fourth-order valence-corrected chi connectivity index (χ4v) is 2.44. The molecule has 0 aliphatic carbocycles. The van der Waals surface area contributed by atoms with E-state index in [1.165, 1.54) is 11.6 Å². The van der Waals surface area contributed by atoms with Crippen molar-refractivity contribution in [2.24, 2.45) is 7.05 Å². The van der Waals surface area contributed by atoms with Crippen LogP contribution in [0.4, 0.5) is 11.5 Å².